The molecule has 1 atom stereocenters. The minimum absolute atomic E-state index is 0.372. The lowest BCUT2D eigenvalue weighted by Crippen LogP contribution is -2.17. The highest BCUT2D eigenvalue weighted by atomic mass is 14.9. The molecule has 3 rings (SSSR count). The molecule has 0 spiro atoms. The van der Waals surface area contributed by atoms with Crippen molar-refractivity contribution in [2.75, 3.05) is 6.54 Å². The zero-order valence-electron chi connectivity index (χ0n) is 12.5. The zero-order chi connectivity index (χ0) is 14.7. The number of nitrogens with zero attached hydrogens (tertiary/aromatic N) is 1. The molecule has 0 amide bonds. The van der Waals surface area contributed by atoms with Gasteiger partial charge in [-0.2, -0.15) is 0 Å². The van der Waals surface area contributed by atoms with Crippen molar-refractivity contribution in [1.82, 2.24) is 10.3 Å². The van der Waals surface area contributed by atoms with Crippen LogP contribution in [-0.2, 0) is 0 Å². The molecule has 2 aromatic carbocycles. The first-order chi connectivity index (χ1) is 10.3. The lowest BCUT2D eigenvalue weighted by molar-refractivity contribution is 0.598. The average molecular weight is 276 g/mol. The van der Waals surface area contributed by atoms with Crippen molar-refractivity contribution in [3.63, 3.8) is 0 Å². The fourth-order valence-corrected chi connectivity index (χ4v) is 2.67. The third-order valence-electron chi connectivity index (χ3n) is 3.83. The Kier molecular flexibility index (Phi) is 3.98. The Bertz CT molecular complexity index is 749. The summed E-state index contributed by atoms with van der Waals surface area (Å²) in [6.45, 7) is 5.32. The first-order valence-corrected chi connectivity index (χ1v) is 7.46. The SMILES string of the molecule is CCNC(C)c1cccc(-c2ccc3ncccc3c2)c1. The Morgan fingerprint density at radius 3 is 2.71 bits per heavy atom. The first-order valence-electron chi connectivity index (χ1n) is 7.46. The van der Waals surface area contributed by atoms with Gasteiger partial charge < -0.3 is 5.32 Å². The fourth-order valence-electron chi connectivity index (χ4n) is 2.67. The molecule has 0 saturated carbocycles. The van der Waals surface area contributed by atoms with Gasteiger partial charge in [0.25, 0.3) is 0 Å². The van der Waals surface area contributed by atoms with Crippen LogP contribution in [0.4, 0.5) is 0 Å². The van der Waals surface area contributed by atoms with Crippen LogP contribution in [0.5, 0.6) is 0 Å². The van der Waals surface area contributed by atoms with E-state index in [1.165, 1.54) is 22.1 Å². The van der Waals surface area contributed by atoms with Gasteiger partial charge in [0.05, 0.1) is 5.52 Å². The van der Waals surface area contributed by atoms with Gasteiger partial charge in [0, 0.05) is 17.6 Å². The van der Waals surface area contributed by atoms with E-state index in [1.807, 2.05) is 12.3 Å². The van der Waals surface area contributed by atoms with E-state index >= 15 is 0 Å². The van der Waals surface area contributed by atoms with E-state index in [4.69, 9.17) is 0 Å². The summed E-state index contributed by atoms with van der Waals surface area (Å²) in [4.78, 5) is 4.38. The van der Waals surface area contributed by atoms with E-state index in [9.17, 15) is 0 Å². The van der Waals surface area contributed by atoms with Gasteiger partial charge in [-0.1, -0.05) is 37.3 Å². The molecule has 1 heterocycles. The van der Waals surface area contributed by atoms with Gasteiger partial charge in [-0.05, 0) is 54.4 Å². The highest BCUT2D eigenvalue weighted by Gasteiger charge is 2.06. The Labute approximate surface area is 125 Å². The number of nitrogens with one attached hydrogen (secondary N) is 1. The van der Waals surface area contributed by atoms with Crippen molar-refractivity contribution in [1.29, 1.82) is 0 Å². The maximum Gasteiger partial charge on any atom is 0.0702 e. The van der Waals surface area contributed by atoms with Crippen LogP contribution in [0.15, 0.2) is 60.8 Å². The minimum atomic E-state index is 0.372. The van der Waals surface area contributed by atoms with Crippen LogP contribution >= 0.6 is 0 Å². The summed E-state index contributed by atoms with van der Waals surface area (Å²) in [6, 6.07) is 19.6. The summed E-state index contributed by atoms with van der Waals surface area (Å²) in [6.07, 6.45) is 1.83. The Balaban J connectivity index is 2.00. The molecule has 0 fully saturated rings. The van der Waals surface area contributed by atoms with E-state index in [0.717, 1.165) is 12.1 Å². The normalized spacial score (nSPS) is 12.5. The third-order valence-corrected chi connectivity index (χ3v) is 3.83. The van der Waals surface area contributed by atoms with Gasteiger partial charge in [0.15, 0.2) is 0 Å². The molecule has 3 aromatic rings. The van der Waals surface area contributed by atoms with Crippen molar-refractivity contribution >= 4 is 10.9 Å². The molecule has 0 aliphatic heterocycles. The predicted molar refractivity (Wildman–Crippen MR) is 89.3 cm³/mol. The monoisotopic (exact) mass is 276 g/mol. The van der Waals surface area contributed by atoms with E-state index in [0.29, 0.717) is 6.04 Å². The van der Waals surface area contributed by atoms with Gasteiger partial charge in [-0.25, -0.2) is 0 Å². The van der Waals surface area contributed by atoms with Crippen LogP contribution in [0.2, 0.25) is 0 Å². The molecule has 0 aliphatic rings. The molecule has 2 heteroatoms. The Morgan fingerprint density at radius 2 is 1.86 bits per heavy atom. The van der Waals surface area contributed by atoms with Gasteiger partial charge in [-0.15, -0.1) is 0 Å². The van der Waals surface area contributed by atoms with Crippen molar-refractivity contribution < 1.29 is 0 Å². The molecule has 21 heavy (non-hydrogen) atoms. The molecular weight excluding hydrogens is 256 g/mol. The van der Waals surface area contributed by atoms with Crippen molar-refractivity contribution in [3.8, 4) is 11.1 Å². The third kappa shape index (κ3) is 2.96. The summed E-state index contributed by atoms with van der Waals surface area (Å²) in [7, 11) is 0. The van der Waals surface area contributed by atoms with Gasteiger partial charge >= 0.3 is 0 Å². The van der Waals surface area contributed by atoms with Crippen LogP contribution in [0.25, 0.3) is 22.0 Å². The first kappa shape index (κ1) is 13.8. The molecular formula is C19H20N2. The molecule has 0 aliphatic carbocycles. The number of pyridine rings is 1. The summed E-state index contributed by atoms with van der Waals surface area (Å²) < 4.78 is 0. The second-order valence-corrected chi connectivity index (χ2v) is 5.32. The average Bonchev–Trinajstić information content (AvgIpc) is 2.55. The maximum atomic E-state index is 4.38. The molecule has 1 aromatic heterocycles. The van der Waals surface area contributed by atoms with Crippen LogP contribution in [0.1, 0.15) is 25.5 Å². The van der Waals surface area contributed by atoms with Gasteiger partial charge in [0.1, 0.15) is 0 Å². The predicted octanol–water partition coefficient (Wildman–Crippen LogP) is 4.57. The van der Waals surface area contributed by atoms with E-state index in [2.05, 4.69) is 72.7 Å². The molecule has 0 radical (unpaired) electrons. The minimum Gasteiger partial charge on any atom is -0.310 e. The summed E-state index contributed by atoms with van der Waals surface area (Å²) in [5.74, 6) is 0. The molecule has 0 saturated heterocycles. The summed E-state index contributed by atoms with van der Waals surface area (Å²) >= 11 is 0. The zero-order valence-corrected chi connectivity index (χ0v) is 12.5. The summed E-state index contributed by atoms with van der Waals surface area (Å²) in [5, 5.41) is 4.64. The maximum absolute atomic E-state index is 4.38. The van der Waals surface area contributed by atoms with Crippen LogP contribution < -0.4 is 5.32 Å². The quantitative estimate of drug-likeness (QED) is 0.755. The van der Waals surface area contributed by atoms with E-state index in [1.54, 1.807) is 0 Å². The largest absolute Gasteiger partial charge is 0.310 e. The number of benzene rings is 2. The number of rotatable bonds is 4. The van der Waals surface area contributed by atoms with Crippen molar-refractivity contribution in [3.05, 3.63) is 66.4 Å². The topological polar surface area (TPSA) is 24.9 Å². The fraction of sp³-hybridized carbons (Fsp3) is 0.211. The van der Waals surface area contributed by atoms with Crippen LogP contribution in [0.3, 0.4) is 0 Å². The molecule has 106 valence electrons. The van der Waals surface area contributed by atoms with Crippen LogP contribution in [-0.4, -0.2) is 11.5 Å². The molecule has 1 unspecified atom stereocenters. The number of aromatic nitrogens is 1. The second kappa shape index (κ2) is 6.06. The Morgan fingerprint density at radius 1 is 1.00 bits per heavy atom. The van der Waals surface area contributed by atoms with E-state index in [-0.39, 0.29) is 0 Å². The summed E-state index contributed by atoms with van der Waals surface area (Å²) in [5.41, 5.74) is 4.85. The van der Waals surface area contributed by atoms with Gasteiger partial charge in [-0.3, -0.25) is 4.98 Å². The second-order valence-electron chi connectivity index (χ2n) is 5.32. The number of hydrogen-bond acceptors (Lipinski definition) is 2. The lowest BCUT2D eigenvalue weighted by atomic mass is 9.99. The highest BCUT2D eigenvalue weighted by molar-refractivity contribution is 5.84. The number of fused-ring (bicyclic) bond motifs is 1. The molecule has 2 nitrogen and oxygen atoms in total. The molecule has 1 N–H and O–H groups in total. The standard InChI is InChI=1S/C19H20N2/c1-3-20-14(2)15-6-4-7-16(12-15)17-9-10-19-18(13-17)8-5-11-21-19/h4-14,20H,3H2,1-2H3. The smallest absolute Gasteiger partial charge is 0.0702 e. The Hall–Kier alpha value is -2.19. The van der Waals surface area contributed by atoms with Crippen molar-refractivity contribution in [2.45, 2.75) is 19.9 Å². The van der Waals surface area contributed by atoms with Crippen LogP contribution in [0, 0.1) is 0 Å². The number of hydrogen-bond donors (Lipinski definition) is 1. The lowest BCUT2D eigenvalue weighted by Gasteiger charge is -2.14. The van der Waals surface area contributed by atoms with Crippen molar-refractivity contribution in [2.24, 2.45) is 0 Å². The van der Waals surface area contributed by atoms with Gasteiger partial charge in [0.2, 0.25) is 0 Å². The highest BCUT2D eigenvalue weighted by Crippen LogP contribution is 2.26. The molecule has 0 bridgehead atoms. The van der Waals surface area contributed by atoms with E-state index < -0.39 is 0 Å².